The molecule has 2 unspecified atom stereocenters. The molecular formula is C18H36O4Zn. The number of hydrogen-bond acceptors (Lipinski definition) is 2. The van der Waals surface area contributed by atoms with Gasteiger partial charge in [-0.05, 0) is 25.7 Å². The molecule has 0 heterocycles. The first-order valence-corrected chi connectivity index (χ1v) is 8.89. The largest absolute Gasteiger partial charge is 0.481 e. The molecule has 0 aromatic heterocycles. The molecule has 2 atom stereocenters. The summed E-state index contributed by atoms with van der Waals surface area (Å²) < 4.78 is 0. The minimum absolute atomic E-state index is 0. The minimum Gasteiger partial charge on any atom is -0.481 e. The molecule has 0 bridgehead atoms. The Bertz CT molecular complexity index is 254. The van der Waals surface area contributed by atoms with Gasteiger partial charge in [0.25, 0.3) is 0 Å². The van der Waals surface area contributed by atoms with Crippen LogP contribution in [0.1, 0.15) is 91.9 Å². The molecule has 0 aliphatic rings. The molecule has 0 aliphatic carbocycles. The Morgan fingerprint density at radius 3 is 1.17 bits per heavy atom. The molecule has 0 aromatic carbocycles. The third-order valence-electron chi connectivity index (χ3n) is 4.00. The zero-order valence-corrected chi connectivity index (χ0v) is 18.6. The van der Waals surface area contributed by atoms with E-state index >= 15 is 0 Å². The Morgan fingerprint density at radius 2 is 1.00 bits per heavy atom. The van der Waals surface area contributed by atoms with E-state index < -0.39 is 11.9 Å². The van der Waals surface area contributed by atoms with Gasteiger partial charge in [-0.1, -0.05) is 66.2 Å². The molecule has 0 radical (unpaired) electrons. The van der Waals surface area contributed by atoms with Crippen molar-refractivity contribution in [3.63, 3.8) is 0 Å². The molecule has 0 saturated carbocycles. The monoisotopic (exact) mass is 380 g/mol. The Labute approximate surface area is 155 Å². The second-order valence-electron chi connectivity index (χ2n) is 5.88. The van der Waals surface area contributed by atoms with Crippen molar-refractivity contribution in [3.05, 3.63) is 0 Å². The molecule has 2 N–H and O–H groups in total. The molecule has 0 aliphatic heterocycles. The number of unbranched alkanes of at least 4 members (excludes halogenated alkanes) is 4. The number of aliphatic carboxylic acids is 2. The molecule has 0 fully saturated rings. The van der Waals surface area contributed by atoms with Gasteiger partial charge in [0, 0.05) is 19.5 Å². The number of carboxylic acids is 2. The second kappa shape index (κ2) is 19.6. The topological polar surface area (TPSA) is 74.6 Å². The van der Waals surface area contributed by atoms with Crippen LogP contribution in [0.4, 0.5) is 0 Å². The molecular weight excluding hydrogens is 346 g/mol. The molecule has 4 nitrogen and oxygen atoms in total. The quantitative estimate of drug-likeness (QED) is 0.353. The van der Waals surface area contributed by atoms with Gasteiger partial charge < -0.3 is 10.2 Å². The first-order valence-electron chi connectivity index (χ1n) is 8.89. The van der Waals surface area contributed by atoms with Gasteiger partial charge in [0.05, 0.1) is 11.8 Å². The van der Waals surface area contributed by atoms with Crippen LogP contribution < -0.4 is 0 Å². The first kappa shape index (κ1) is 27.4. The zero-order chi connectivity index (χ0) is 17.4. The summed E-state index contributed by atoms with van der Waals surface area (Å²) in [5.41, 5.74) is 0. The van der Waals surface area contributed by atoms with Crippen molar-refractivity contribution in [2.24, 2.45) is 11.8 Å². The van der Waals surface area contributed by atoms with E-state index in [1.807, 2.05) is 13.8 Å². The van der Waals surface area contributed by atoms with Crippen molar-refractivity contribution in [3.8, 4) is 0 Å². The van der Waals surface area contributed by atoms with E-state index in [1.54, 1.807) is 0 Å². The van der Waals surface area contributed by atoms with Gasteiger partial charge in [0.15, 0.2) is 0 Å². The summed E-state index contributed by atoms with van der Waals surface area (Å²) in [5.74, 6) is -1.49. The Hall–Kier alpha value is -0.437. The van der Waals surface area contributed by atoms with Crippen molar-refractivity contribution < 1.29 is 39.3 Å². The third-order valence-corrected chi connectivity index (χ3v) is 4.00. The van der Waals surface area contributed by atoms with Gasteiger partial charge in [-0.25, -0.2) is 0 Å². The van der Waals surface area contributed by atoms with E-state index in [0.29, 0.717) is 0 Å². The second-order valence-corrected chi connectivity index (χ2v) is 5.88. The predicted octanol–water partition coefficient (Wildman–Crippen LogP) is 5.35. The molecule has 0 spiro atoms. The number of hydrogen-bond donors (Lipinski definition) is 2. The predicted molar refractivity (Wildman–Crippen MR) is 91.1 cm³/mol. The smallest absolute Gasteiger partial charge is 0.306 e. The van der Waals surface area contributed by atoms with Crippen molar-refractivity contribution in [2.45, 2.75) is 91.9 Å². The van der Waals surface area contributed by atoms with Crippen LogP contribution in [-0.2, 0) is 29.1 Å². The summed E-state index contributed by atoms with van der Waals surface area (Å²) >= 11 is 0. The van der Waals surface area contributed by atoms with Crippen LogP contribution in [0.3, 0.4) is 0 Å². The van der Waals surface area contributed by atoms with Gasteiger partial charge in [-0.15, -0.1) is 0 Å². The minimum atomic E-state index is -0.636. The first-order chi connectivity index (χ1) is 10.4. The van der Waals surface area contributed by atoms with Crippen LogP contribution >= 0.6 is 0 Å². The fourth-order valence-electron chi connectivity index (χ4n) is 2.29. The number of carboxylic acid groups (broad SMARTS) is 2. The summed E-state index contributed by atoms with van der Waals surface area (Å²) in [6, 6.07) is 0. The zero-order valence-electron chi connectivity index (χ0n) is 15.6. The Kier molecular flexibility index (Phi) is 23.4. The van der Waals surface area contributed by atoms with Crippen LogP contribution in [0.2, 0.25) is 0 Å². The van der Waals surface area contributed by atoms with Crippen molar-refractivity contribution in [1.29, 1.82) is 0 Å². The number of rotatable bonds is 12. The van der Waals surface area contributed by atoms with Crippen LogP contribution in [0, 0.1) is 11.8 Å². The van der Waals surface area contributed by atoms with Gasteiger partial charge in [0.1, 0.15) is 0 Å². The Balaban J connectivity index is -0.000000333. The SMILES string of the molecule is CCCCCC(CC)C(=O)O.CCCCCC(CC)C(=O)O.[Zn]. The van der Waals surface area contributed by atoms with Crippen LogP contribution in [0.5, 0.6) is 0 Å². The van der Waals surface area contributed by atoms with Gasteiger partial charge in [-0.2, -0.15) is 0 Å². The van der Waals surface area contributed by atoms with Crippen LogP contribution in [0.15, 0.2) is 0 Å². The van der Waals surface area contributed by atoms with E-state index in [2.05, 4.69) is 13.8 Å². The summed E-state index contributed by atoms with van der Waals surface area (Å²) in [4.78, 5) is 21.0. The van der Waals surface area contributed by atoms with Crippen molar-refractivity contribution in [2.75, 3.05) is 0 Å². The summed E-state index contributed by atoms with van der Waals surface area (Å²) in [6.07, 6.45) is 9.97. The third kappa shape index (κ3) is 17.7. The van der Waals surface area contributed by atoms with E-state index in [9.17, 15) is 9.59 Å². The molecule has 0 aromatic rings. The van der Waals surface area contributed by atoms with Gasteiger partial charge in [-0.3, -0.25) is 9.59 Å². The average Bonchev–Trinajstić information content (AvgIpc) is 2.48. The van der Waals surface area contributed by atoms with Crippen LogP contribution in [0.25, 0.3) is 0 Å². The summed E-state index contributed by atoms with van der Waals surface area (Å²) in [5, 5.41) is 17.3. The average molecular weight is 382 g/mol. The van der Waals surface area contributed by atoms with Crippen molar-refractivity contribution in [1.82, 2.24) is 0 Å². The molecule has 0 rings (SSSR count). The van der Waals surface area contributed by atoms with E-state index in [1.165, 1.54) is 0 Å². The maximum Gasteiger partial charge on any atom is 0.306 e. The standard InChI is InChI=1S/2C9H18O2.Zn/c2*1-3-5-6-7-8(4-2)9(10)11;/h2*8H,3-7H2,1-2H3,(H,10,11);. The van der Waals surface area contributed by atoms with Gasteiger partial charge >= 0.3 is 11.9 Å². The molecule has 0 saturated heterocycles. The molecule has 5 heteroatoms. The van der Waals surface area contributed by atoms with E-state index in [-0.39, 0.29) is 31.3 Å². The fraction of sp³-hybridized carbons (Fsp3) is 0.889. The summed E-state index contributed by atoms with van der Waals surface area (Å²) in [7, 11) is 0. The molecule has 0 amide bonds. The number of carbonyl (C=O) groups is 2. The van der Waals surface area contributed by atoms with Crippen molar-refractivity contribution >= 4 is 11.9 Å². The van der Waals surface area contributed by atoms with E-state index in [4.69, 9.17) is 10.2 Å². The molecule has 134 valence electrons. The Morgan fingerprint density at radius 1 is 0.696 bits per heavy atom. The molecule has 23 heavy (non-hydrogen) atoms. The van der Waals surface area contributed by atoms with Gasteiger partial charge in [0.2, 0.25) is 0 Å². The van der Waals surface area contributed by atoms with E-state index in [0.717, 1.165) is 64.2 Å². The fourth-order valence-corrected chi connectivity index (χ4v) is 2.29. The normalized spacial score (nSPS) is 12.3. The van der Waals surface area contributed by atoms with Crippen LogP contribution in [-0.4, -0.2) is 22.2 Å². The maximum atomic E-state index is 10.5. The maximum absolute atomic E-state index is 10.5. The summed E-state index contributed by atoms with van der Waals surface area (Å²) in [6.45, 7) is 8.12.